The minimum atomic E-state index is -0.363. The summed E-state index contributed by atoms with van der Waals surface area (Å²) in [5, 5.41) is 0.671. The molecule has 0 N–H and O–H groups in total. The van der Waals surface area contributed by atoms with Gasteiger partial charge in [-0.15, -0.1) is 11.3 Å². The van der Waals surface area contributed by atoms with E-state index in [-0.39, 0.29) is 17.5 Å². The Hall–Kier alpha value is -1.26. The lowest BCUT2D eigenvalue weighted by Gasteiger charge is -2.06. The number of Topliss-reactive ketones (excluding diaryl/α,β-unsaturated/α-hetero) is 1. The zero-order chi connectivity index (χ0) is 12.4. The molecule has 17 heavy (non-hydrogen) atoms. The highest BCUT2D eigenvalue weighted by Gasteiger charge is 2.20. The zero-order valence-electron chi connectivity index (χ0n) is 8.98. The Bertz CT molecular complexity index is 538. The number of thiazole rings is 1. The lowest BCUT2D eigenvalue weighted by Crippen LogP contribution is -2.09. The fourth-order valence-electron chi connectivity index (χ4n) is 1.44. The summed E-state index contributed by atoms with van der Waals surface area (Å²) >= 11 is 7.05. The quantitative estimate of drug-likeness (QED) is 0.791. The van der Waals surface area contributed by atoms with Gasteiger partial charge in [0.2, 0.25) is 0 Å². The van der Waals surface area contributed by atoms with Crippen molar-refractivity contribution in [3.8, 4) is 0 Å². The van der Waals surface area contributed by atoms with E-state index in [0.717, 1.165) is 0 Å². The van der Waals surface area contributed by atoms with Crippen LogP contribution in [0.5, 0.6) is 0 Å². The predicted molar refractivity (Wildman–Crippen MR) is 66.3 cm³/mol. The molecule has 1 unspecified atom stereocenters. The average molecular weight is 270 g/mol. The first-order valence-electron chi connectivity index (χ1n) is 4.99. The van der Waals surface area contributed by atoms with E-state index in [9.17, 15) is 9.18 Å². The van der Waals surface area contributed by atoms with E-state index >= 15 is 0 Å². The molecular weight excluding hydrogens is 261 g/mol. The summed E-state index contributed by atoms with van der Waals surface area (Å²) in [6.45, 7) is 1.76. The normalized spacial score (nSPS) is 12.4. The van der Waals surface area contributed by atoms with Gasteiger partial charge < -0.3 is 0 Å². The molecule has 1 heterocycles. The van der Waals surface area contributed by atoms with Gasteiger partial charge in [0.1, 0.15) is 15.2 Å². The van der Waals surface area contributed by atoms with Crippen LogP contribution < -0.4 is 0 Å². The summed E-state index contributed by atoms with van der Waals surface area (Å²) < 4.78 is 13.3. The Balaban J connectivity index is 2.23. The number of carbonyl (C=O) groups is 1. The van der Waals surface area contributed by atoms with Gasteiger partial charge >= 0.3 is 0 Å². The Morgan fingerprint density at radius 1 is 1.41 bits per heavy atom. The van der Waals surface area contributed by atoms with Crippen LogP contribution >= 0.6 is 22.9 Å². The molecule has 0 saturated heterocycles. The maximum atomic E-state index is 12.7. The van der Waals surface area contributed by atoms with Gasteiger partial charge in [0.25, 0.3) is 0 Å². The number of aromatic nitrogens is 1. The summed E-state index contributed by atoms with van der Waals surface area (Å²) in [6.07, 6.45) is 1.52. The van der Waals surface area contributed by atoms with E-state index < -0.39 is 0 Å². The van der Waals surface area contributed by atoms with Crippen molar-refractivity contribution in [2.75, 3.05) is 0 Å². The molecule has 0 aliphatic rings. The third-order valence-corrected chi connectivity index (χ3v) is 3.69. The first-order chi connectivity index (χ1) is 8.08. The molecule has 0 amide bonds. The van der Waals surface area contributed by atoms with Gasteiger partial charge in [-0.2, -0.15) is 0 Å². The topological polar surface area (TPSA) is 30.0 Å². The zero-order valence-corrected chi connectivity index (χ0v) is 10.6. The fraction of sp³-hybridized carbons (Fsp3) is 0.167. The number of rotatable bonds is 3. The maximum Gasteiger partial charge on any atom is 0.172 e. The number of ketones is 1. The Morgan fingerprint density at radius 3 is 2.59 bits per heavy atom. The van der Waals surface area contributed by atoms with Gasteiger partial charge in [0.05, 0.1) is 12.1 Å². The first kappa shape index (κ1) is 12.2. The summed E-state index contributed by atoms with van der Waals surface area (Å²) in [6, 6.07) is 5.50. The average Bonchev–Trinajstić information content (AvgIpc) is 2.75. The van der Waals surface area contributed by atoms with Crippen molar-refractivity contribution in [2.45, 2.75) is 12.8 Å². The van der Waals surface area contributed by atoms with Crippen LogP contribution in [0.1, 0.15) is 28.2 Å². The van der Waals surface area contributed by atoms with Crippen molar-refractivity contribution < 1.29 is 9.18 Å². The number of carbonyl (C=O) groups excluding carboxylic acids is 1. The van der Waals surface area contributed by atoms with Crippen LogP contribution in [0.2, 0.25) is 4.34 Å². The van der Waals surface area contributed by atoms with Gasteiger partial charge in [-0.25, -0.2) is 9.37 Å². The highest BCUT2D eigenvalue weighted by atomic mass is 35.5. The minimum Gasteiger partial charge on any atom is -0.293 e. The van der Waals surface area contributed by atoms with Crippen molar-refractivity contribution >= 4 is 28.7 Å². The third-order valence-electron chi connectivity index (χ3n) is 2.39. The van der Waals surface area contributed by atoms with Crippen LogP contribution in [-0.4, -0.2) is 10.8 Å². The van der Waals surface area contributed by atoms with Gasteiger partial charge in [-0.3, -0.25) is 4.79 Å². The van der Waals surface area contributed by atoms with Crippen LogP contribution in [0.3, 0.4) is 0 Å². The lowest BCUT2D eigenvalue weighted by atomic mass is 10.00. The molecule has 0 aliphatic carbocycles. The number of hydrogen-bond acceptors (Lipinski definition) is 3. The summed E-state index contributed by atoms with van der Waals surface area (Å²) in [5.41, 5.74) is 0.477. The van der Waals surface area contributed by atoms with Crippen LogP contribution in [0.4, 0.5) is 4.39 Å². The molecule has 2 aromatic rings. The van der Waals surface area contributed by atoms with Gasteiger partial charge in [-0.1, -0.05) is 11.6 Å². The van der Waals surface area contributed by atoms with E-state index in [1.54, 1.807) is 6.92 Å². The second-order valence-corrected chi connectivity index (χ2v) is 5.29. The van der Waals surface area contributed by atoms with Gasteiger partial charge in [0.15, 0.2) is 5.78 Å². The van der Waals surface area contributed by atoms with Crippen LogP contribution in [0, 0.1) is 5.82 Å². The van der Waals surface area contributed by atoms with E-state index in [2.05, 4.69) is 4.98 Å². The van der Waals surface area contributed by atoms with Crippen molar-refractivity contribution in [1.82, 2.24) is 4.98 Å². The third kappa shape index (κ3) is 2.70. The van der Waals surface area contributed by atoms with E-state index in [1.807, 2.05) is 0 Å². The van der Waals surface area contributed by atoms with Crippen molar-refractivity contribution in [2.24, 2.45) is 0 Å². The summed E-state index contributed by atoms with van der Waals surface area (Å²) in [7, 11) is 0. The maximum absolute atomic E-state index is 12.7. The molecule has 0 saturated carbocycles. The van der Waals surface area contributed by atoms with Crippen molar-refractivity contribution in [3.05, 3.63) is 51.2 Å². The number of nitrogens with zero attached hydrogens (tertiary/aromatic N) is 1. The van der Waals surface area contributed by atoms with Crippen molar-refractivity contribution in [1.29, 1.82) is 0 Å². The van der Waals surface area contributed by atoms with Crippen molar-refractivity contribution in [3.63, 3.8) is 0 Å². The molecular formula is C12H9ClFNOS. The molecule has 5 heteroatoms. The Kier molecular flexibility index (Phi) is 3.54. The van der Waals surface area contributed by atoms with Crippen LogP contribution in [0.15, 0.2) is 30.5 Å². The highest BCUT2D eigenvalue weighted by molar-refractivity contribution is 7.16. The molecule has 88 valence electrons. The second-order valence-electron chi connectivity index (χ2n) is 3.60. The molecule has 0 aliphatic heterocycles. The molecule has 0 spiro atoms. The molecule has 1 aromatic heterocycles. The second kappa shape index (κ2) is 4.94. The lowest BCUT2D eigenvalue weighted by molar-refractivity contribution is 0.0966. The molecule has 1 aromatic carbocycles. The molecule has 0 fully saturated rings. The summed E-state index contributed by atoms with van der Waals surface area (Å²) in [4.78, 5) is 16.1. The standard InChI is InChI=1S/C12H9ClFNOS/c1-7(12-15-6-10(13)17-12)11(16)8-2-4-9(14)5-3-8/h2-7H,1H3. The number of benzene rings is 1. The van der Waals surface area contributed by atoms with Crippen LogP contribution in [-0.2, 0) is 0 Å². The SMILES string of the molecule is CC(C(=O)c1ccc(F)cc1)c1ncc(Cl)s1. The Morgan fingerprint density at radius 2 is 2.06 bits per heavy atom. The fourth-order valence-corrected chi connectivity index (χ4v) is 2.42. The molecule has 1 atom stereocenters. The first-order valence-corrected chi connectivity index (χ1v) is 6.18. The van der Waals surface area contributed by atoms with Crippen LogP contribution in [0.25, 0.3) is 0 Å². The van der Waals surface area contributed by atoms with Gasteiger partial charge in [-0.05, 0) is 31.2 Å². The molecule has 0 radical (unpaired) electrons. The molecule has 2 rings (SSSR count). The minimum absolute atomic E-state index is 0.0870. The van der Waals surface area contributed by atoms with E-state index in [1.165, 1.54) is 41.8 Å². The van der Waals surface area contributed by atoms with E-state index in [4.69, 9.17) is 11.6 Å². The highest BCUT2D eigenvalue weighted by Crippen LogP contribution is 2.27. The van der Waals surface area contributed by atoms with E-state index in [0.29, 0.717) is 14.9 Å². The molecule has 2 nitrogen and oxygen atoms in total. The monoisotopic (exact) mass is 269 g/mol. The van der Waals surface area contributed by atoms with Gasteiger partial charge in [0, 0.05) is 5.56 Å². The largest absolute Gasteiger partial charge is 0.293 e. The molecule has 0 bridgehead atoms. The number of hydrogen-bond donors (Lipinski definition) is 0. The summed E-state index contributed by atoms with van der Waals surface area (Å²) in [5.74, 6) is -0.805. The Labute approximate surface area is 107 Å². The number of halogens is 2. The predicted octanol–water partition coefficient (Wildman–Crippen LogP) is 3.92. The smallest absolute Gasteiger partial charge is 0.172 e.